The first kappa shape index (κ1) is 13.7. The van der Waals surface area contributed by atoms with Crippen LogP contribution < -0.4 is 0 Å². The molecule has 0 bridgehead atoms. The van der Waals surface area contributed by atoms with Crippen LogP contribution in [0.4, 0.5) is 0 Å². The highest BCUT2D eigenvalue weighted by Crippen LogP contribution is 2.33. The highest BCUT2D eigenvalue weighted by molar-refractivity contribution is 7.89. The third kappa shape index (κ3) is 3.42. The lowest BCUT2D eigenvalue weighted by atomic mass is 9.79. The van der Waals surface area contributed by atoms with Gasteiger partial charge < -0.3 is 0 Å². The van der Waals surface area contributed by atoms with Crippen LogP contribution in [0.5, 0.6) is 0 Å². The summed E-state index contributed by atoms with van der Waals surface area (Å²) < 4.78 is 30.5. The third-order valence-corrected chi connectivity index (χ3v) is 3.96. The molecule has 0 saturated carbocycles. The molecule has 0 aromatic carbocycles. The first-order valence-electron chi connectivity index (χ1n) is 4.98. The molecule has 0 rings (SSSR count). The normalized spacial score (nSPS) is 14.5. The second-order valence-electron chi connectivity index (χ2n) is 3.65. The molecular weight excluding hydrogens is 200 g/mol. The van der Waals surface area contributed by atoms with E-state index >= 15 is 0 Å². The molecule has 0 saturated heterocycles. The Morgan fingerprint density at radius 1 is 1.21 bits per heavy atom. The fourth-order valence-electron chi connectivity index (χ4n) is 1.56. The molecule has 0 aliphatic carbocycles. The van der Waals surface area contributed by atoms with E-state index in [1.165, 1.54) is 6.92 Å². The molecule has 3 nitrogen and oxygen atoms in total. The van der Waals surface area contributed by atoms with Crippen LogP contribution in [0.25, 0.3) is 0 Å². The van der Waals surface area contributed by atoms with Crippen molar-refractivity contribution >= 4 is 10.1 Å². The number of allylic oxidation sites excluding steroid dienone is 2. The summed E-state index contributed by atoms with van der Waals surface area (Å²) in [4.78, 5) is 0.0584. The highest BCUT2D eigenvalue weighted by Gasteiger charge is 2.23. The van der Waals surface area contributed by atoms with Gasteiger partial charge in [-0.15, -0.1) is 0 Å². The maximum atomic E-state index is 10.8. The topological polar surface area (TPSA) is 54.4 Å². The first-order chi connectivity index (χ1) is 6.31. The van der Waals surface area contributed by atoms with E-state index in [0.29, 0.717) is 0 Å². The molecule has 0 aromatic heterocycles. The fourth-order valence-corrected chi connectivity index (χ4v) is 1.96. The van der Waals surface area contributed by atoms with Crippen LogP contribution >= 0.6 is 0 Å². The summed E-state index contributed by atoms with van der Waals surface area (Å²) in [7, 11) is -4.01. The van der Waals surface area contributed by atoms with Crippen molar-refractivity contribution in [1.82, 2.24) is 0 Å². The zero-order chi connectivity index (χ0) is 11.4. The first-order valence-corrected chi connectivity index (χ1v) is 6.42. The van der Waals surface area contributed by atoms with Gasteiger partial charge >= 0.3 is 0 Å². The lowest BCUT2D eigenvalue weighted by molar-refractivity contribution is 0.337. The molecule has 0 amide bonds. The average Bonchev–Trinajstić information content (AvgIpc) is 2.12. The van der Waals surface area contributed by atoms with Gasteiger partial charge in [-0.25, -0.2) is 0 Å². The monoisotopic (exact) mass is 220 g/mol. The molecule has 0 unspecified atom stereocenters. The van der Waals surface area contributed by atoms with Crippen molar-refractivity contribution in [1.29, 1.82) is 0 Å². The van der Waals surface area contributed by atoms with Crippen LogP contribution in [0.3, 0.4) is 0 Å². The predicted molar refractivity (Wildman–Crippen MR) is 58.6 cm³/mol. The summed E-state index contributed by atoms with van der Waals surface area (Å²) in [6.07, 6.45) is 4.33. The number of hydrogen-bond acceptors (Lipinski definition) is 2. The second-order valence-corrected chi connectivity index (χ2v) is 5.25. The minimum absolute atomic E-state index is 0.0584. The lowest BCUT2D eigenvalue weighted by Crippen LogP contribution is -2.16. The van der Waals surface area contributed by atoms with Crippen molar-refractivity contribution in [2.45, 2.75) is 47.0 Å². The molecular formula is C10H20O3S. The van der Waals surface area contributed by atoms with Crippen molar-refractivity contribution in [3.63, 3.8) is 0 Å². The summed E-state index contributed by atoms with van der Waals surface area (Å²) >= 11 is 0. The van der Waals surface area contributed by atoms with Crippen molar-refractivity contribution in [2.75, 3.05) is 0 Å². The molecule has 0 radical (unpaired) electrons. The van der Waals surface area contributed by atoms with Crippen LogP contribution in [0.1, 0.15) is 47.0 Å². The summed E-state index contributed by atoms with van der Waals surface area (Å²) in [5, 5.41) is 0. The van der Waals surface area contributed by atoms with Gasteiger partial charge in [-0.2, -0.15) is 8.42 Å². The molecule has 0 aromatic rings. The van der Waals surface area contributed by atoms with E-state index < -0.39 is 10.1 Å². The molecule has 84 valence electrons. The Bertz CT molecular complexity index is 289. The van der Waals surface area contributed by atoms with Crippen LogP contribution in [-0.2, 0) is 10.1 Å². The van der Waals surface area contributed by atoms with Gasteiger partial charge in [-0.05, 0) is 31.6 Å². The Morgan fingerprint density at radius 2 is 1.57 bits per heavy atom. The Labute approximate surface area is 87.0 Å². The molecule has 14 heavy (non-hydrogen) atoms. The van der Waals surface area contributed by atoms with E-state index in [0.717, 1.165) is 19.3 Å². The SMILES string of the molecule is CCC(C=C(C)S(=O)(=O)O)(CC)CC. The van der Waals surface area contributed by atoms with Gasteiger partial charge in [-0.1, -0.05) is 26.8 Å². The maximum absolute atomic E-state index is 10.8. The molecule has 0 fully saturated rings. The standard InChI is InChI=1S/C10H20O3S/c1-5-10(6-2,7-3)8-9(4)14(11,12)13/h8H,5-7H2,1-4H3,(H,11,12,13). The minimum atomic E-state index is -4.01. The Kier molecular flexibility index (Phi) is 4.81. The Hall–Kier alpha value is -0.350. The predicted octanol–water partition coefficient (Wildman–Crippen LogP) is 2.99. The third-order valence-electron chi connectivity index (χ3n) is 3.03. The molecule has 0 heterocycles. The van der Waals surface area contributed by atoms with Crippen molar-refractivity contribution in [3.05, 3.63) is 11.0 Å². The smallest absolute Gasteiger partial charge is 0.282 e. The van der Waals surface area contributed by atoms with Gasteiger partial charge in [0.25, 0.3) is 10.1 Å². The summed E-state index contributed by atoms with van der Waals surface area (Å²) in [6.45, 7) is 7.52. The van der Waals surface area contributed by atoms with Gasteiger partial charge in [0.05, 0.1) is 4.91 Å². The number of hydrogen-bond donors (Lipinski definition) is 1. The molecule has 4 heteroatoms. The van der Waals surface area contributed by atoms with Gasteiger partial charge in [0.15, 0.2) is 0 Å². The van der Waals surface area contributed by atoms with Crippen molar-refractivity contribution in [3.8, 4) is 0 Å². The van der Waals surface area contributed by atoms with E-state index in [1.54, 1.807) is 6.08 Å². The van der Waals surface area contributed by atoms with E-state index in [1.807, 2.05) is 20.8 Å². The minimum Gasteiger partial charge on any atom is -0.282 e. The van der Waals surface area contributed by atoms with Crippen molar-refractivity contribution in [2.24, 2.45) is 5.41 Å². The van der Waals surface area contributed by atoms with E-state index in [4.69, 9.17) is 4.55 Å². The summed E-state index contributed by atoms with van der Waals surface area (Å²) in [5.74, 6) is 0. The molecule has 0 aliphatic heterocycles. The van der Waals surface area contributed by atoms with Gasteiger partial charge in [0.1, 0.15) is 0 Å². The Morgan fingerprint density at radius 3 is 1.79 bits per heavy atom. The quantitative estimate of drug-likeness (QED) is 0.725. The van der Waals surface area contributed by atoms with E-state index in [2.05, 4.69) is 0 Å². The molecule has 0 atom stereocenters. The van der Waals surface area contributed by atoms with E-state index in [9.17, 15) is 8.42 Å². The van der Waals surface area contributed by atoms with Crippen LogP contribution in [0.2, 0.25) is 0 Å². The highest BCUT2D eigenvalue weighted by atomic mass is 32.2. The fraction of sp³-hybridized carbons (Fsp3) is 0.800. The second kappa shape index (κ2) is 4.94. The summed E-state index contributed by atoms with van der Waals surface area (Å²) in [5.41, 5.74) is -0.0973. The lowest BCUT2D eigenvalue weighted by Gasteiger charge is -2.26. The van der Waals surface area contributed by atoms with Crippen LogP contribution in [0.15, 0.2) is 11.0 Å². The average molecular weight is 220 g/mol. The molecule has 1 N–H and O–H groups in total. The van der Waals surface area contributed by atoms with Gasteiger partial charge in [0.2, 0.25) is 0 Å². The van der Waals surface area contributed by atoms with Crippen LogP contribution in [0, 0.1) is 5.41 Å². The van der Waals surface area contributed by atoms with Crippen molar-refractivity contribution < 1.29 is 13.0 Å². The molecule has 0 aliphatic rings. The zero-order valence-corrected chi connectivity index (χ0v) is 10.2. The maximum Gasteiger partial charge on any atom is 0.290 e. The van der Waals surface area contributed by atoms with Gasteiger partial charge in [-0.3, -0.25) is 4.55 Å². The van der Waals surface area contributed by atoms with Crippen LogP contribution in [-0.4, -0.2) is 13.0 Å². The largest absolute Gasteiger partial charge is 0.290 e. The summed E-state index contributed by atoms with van der Waals surface area (Å²) in [6, 6.07) is 0. The van der Waals surface area contributed by atoms with Gasteiger partial charge in [0, 0.05) is 0 Å². The number of rotatable bonds is 5. The zero-order valence-electron chi connectivity index (χ0n) is 9.37. The van der Waals surface area contributed by atoms with E-state index in [-0.39, 0.29) is 10.3 Å². The molecule has 0 spiro atoms. The Balaban J connectivity index is 5.10.